The van der Waals surface area contributed by atoms with E-state index < -0.39 is 6.35 Å². The van der Waals surface area contributed by atoms with Crippen LogP contribution < -0.4 is 14.6 Å². The summed E-state index contributed by atoms with van der Waals surface area (Å²) < 4.78 is 12.1. The average Bonchev–Trinajstić information content (AvgIpc) is 3.40. The number of nitrogens with zero attached hydrogens (tertiary/aromatic N) is 3. The monoisotopic (exact) mass is 419 g/mol. The van der Waals surface area contributed by atoms with Crippen molar-refractivity contribution in [2.24, 2.45) is 16.7 Å². The van der Waals surface area contributed by atoms with E-state index in [0.717, 1.165) is 17.1 Å². The molecule has 2 saturated heterocycles. The second-order valence-corrected chi connectivity index (χ2v) is 10.0. The average molecular weight is 420 g/mol. The minimum Gasteiger partial charge on any atom is -0.497 e. The van der Waals surface area contributed by atoms with E-state index in [0.29, 0.717) is 5.92 Å². The molecule has 31 heavy (non-hydrogen) atoms. The van der Waals surface area contributed by atoms with Crippen LogP contribution in [0.25, 0.3) is 0 Å². The number of urea groups is 1. The molecule has 2 heterocycles. The fraction of sp³-hybridized carbons (Fsp3) is 0.480. The molecule has 6 nitrogen and oxygen atoms in total. The highest BCUT2D eigenvalue weighted by atomic mass is 16.6. The molecule has 2 saturated carbocycles. The number of para-hydroxylation sites is 1. The second kappa shape index (κ2) is 6.24. The quantitative estimate of drug-likeness (QED) is 0.712. The van der Waals surface area contributed by atoms with Gasteiger partial charge in [0.25, 0.3) is 0 Å². The van der Waals surface area contributed by atoms with Crippen molar-refractivity contribution in [2.75, 3.05) is 17.0 Å². The number of fused-ring (bicyclic) bond motifs is 7. The van der Waals surface area contributed by atoms with Crippen molar-refractivity contribution >= 4 is 17.4 Å². The van der Waals surface area contributed by atoms with E-state index in [-0.39, 0.29) is 29.0 Å². The van der Waals surface area contributed by atoms with Crippen LogP contribution in [0.2, 0.25) is 0 Å². The molecule has 2 aromatic rings. The maximum atomic E-state index is 13.8. The van der Waals surface area contributed by atoms with Gasteiger partial charge in [-0.05, 0) is 60.6 Å². The molecule has 4 fully saturated rings. The van der Waals surface area contributed by atoms with Crippen LogP contribution in [-0.2, 0) is 4.74 Å². The topological polar surface area (TPSA) is 45.3 Å². The van der Waals surface area contributed by atoms with E-state index in [1.807, 2.05) is 59.6 Å². The third kappa shape index (κ3) is 2.27. The molecule has 0 spiro atoms. The SMILES string of the molecule is COc1ccc(N2C(=O)N(c3ccccc3)C3OC4C(C5CCC4(C)C5(C)C)N32)cc1. The predicted octanol–water partition coefficient (Wildman–Crippen LogP) is 4.87. The molecule has 2 aliphatic heterocycles. The molecule has 2 aromatic carbocycles. The highest BCUT2D eigenvalue weighted by molar-refractivity contribution is 6.05. The normalized spacial score (nSPS) is 35.5. The van der Waals surface area contributed by atoms with E-state index in [1.54, 1.807) is 12.0 Å². The summed E-state index contributed by atoms with van der Waals surface area (Å²) in [7, 11) is 1.65. The van der Waals surface area contributed by atoms with Crippen LogP contribution in [0.3, 0.4) is 0 Å². The number of methoxy groups -OCH3 is 1. The Balaban J connectivity index is 1.48. The zero-order valence-corrected chi connectivity index (χ0v) is 18.5. The first-order chi connectivity index (χ1) is 14.9. The van der Waals surface area contributed by atoms with Crippen LogP contribution >= 0.6 is 0 Å². The summed E-state index contributed by atoms with van der Waals surface area (Å²) in [6.07, 6.45) is 2.02. The molecule has 0 N–H and O–H groups in total. The number of hydrogen-bond donors (Lipinski definition) is 0. The predicted molar refractivity (Wildman–Crippen MR) is 119 cm³/mol. The Morgan fingerprint density at radius 3 is 2.39 bits per heavy atom. The first-order valence-corrected chi connectivity index (χ1v) is 11.1. The maximum absolute atomic E-state index is 13.8. The Bertz CT molecular complexity index is 1020. The largest absolute Gasteiger partial charge is 0.497 e. The van der Waals surface area contributed by atoms with Crippen molar-refractivity contribution in [3.05, 3.63) is 54.6 Å². The van der Waals surface area contributed by atoms with Gasteiger partial charge in [-0.3, -0.25) is 4.90 Å². The molecule has 6 rings (SSSR count). The van der Waals surface area contributed by atoms with Gasteiger partial charge >= 0.3 is 6.03 Å². The van der Waals surface area contributed by atoms with E-state index in [9.17, 15) is 4.79 Å². The summed E-state index contributed by atoms with van der Waals surface area (Å²) in [5, 5.41) is 4.06. The number of carbonyl (C=O) groups excluding carboxylic acids is 1. The number of hydrazine groups is 1. The van der Waals surface area contributed by atoms with Crippen LogP contribution in [-0.4, -0.2) is 36.6 Å². The lowest BCUT2D eigenvalue weighted by Crippen LogP contribution is -2.50. The van der Waals surface area contributed by atoms with Crippen LogP contribution in [0.15, 0.2) is 54.6 Å². The summed E-state index contributed by atoms with van der Waals surface area (Å²) in [6.45, 7) is 7.14. The highest BCUT2D eigenvalue weighted by Gasteiger charge is 2.74. The van der Waals surface area contributed by atoms with Gasteiger partial charge < -0.3 is 9.47 Å². The molecule has 2 aliphatic carbocycles. The van der Waals surface area contributed by atoms with Gasteiger partial charge in [0.2, 0.25) is 6.35 Å². The highest BCUT2D eigenvalue weighted by Crippen LogP contribution is 2.70. The third-order valence-corrected chi connectivity index (χ3v) is 8.71. The standard InChI is InChI=1S/C25H29N3O3/c1-24(2)19-14-15-25(24,3)21-20(19)28-23(31-21)26(16-8-6-5-7-9-16)22(29)27(28)17-10-12-18(30-4)13-11-17/h5-13,19-21,23H,14-15H2,1-4H3. The van der Waals surface area contributed by atoms with Crippen molar-refractivity contribution in [2.45, 2.75) is 52.1 Å². The maximum Gasteiger partial charge on any atom is 0.347 e. The van der Waals surface area contributed by atoms with Gasteiger partial charge in [0.1, 0.15) is 5.75 Å². The fourth-order valence-electron chi connectivity index (χ4n) is 6.65. The van der Waals surface area contributed by atoms with Crippen molar-refractivity contribution in [1.29, 1.82) is 0 Å². The van der Waals surface area contributed by atoms with Gasteiger partial charge in [0.15, 0.2) is 0 Å². The van der Waals surface area contributed by atoms with E-state index in [4.69, 9.17) is 9.47 Å². The second-order valence-electron chi connectivity index (χ2n) is 10.0. The number of rotatable bonds is 3. The Morgan fingerprint density at radius 1 is 1.00 bits per heavy atom. The lowest BCUT2D eigenvalue weighted by atomic mass is 9.70. The fourth-order valence-corrected chi connectivity index (χ4v) is 6.65. The molecule has 0 aromatic heterocycles. The molecule has 5 unspecified atom stereocenters. The van der Waals surface area contributed by atoms with Crippen LogP contribution in [0.5, 0.6) is 5.75 Å². The number of anilines is 2. The Hall–Kier alpha value is -2.57. The van der Waals surface area contributed by atoms with Crippen molar-refractivity contribution < 1.29 is 14.3 Å². The molecule has 6 heteroatoms. The van der Waals surface area contributed by atoms with Gasteiger partial charge in [0.05, 0.1) is 24.9 Å². The Labute approximate surface area is 183 Å². The Morgan fingerprint density at radius 2 is 1.71 bits per heavy atom. The first kappa shape index (κ1) is 19.1. The summed E-state index contributed by atoms with van der Waals surface area (Å²) >= 11 is 0. The van der Waals surface area contributed by atoms with Gasteiger partial charge in [-0.1, -0.05) is 39.0 Å². The van der Waals surface area contributed by atoms with Crippen molar-refractivity contribution in [3.8, 4) is 5.75 Å². The summed E-state index contributed by atoms with van der Waals surface area (Å²) in [6, 6.07) is 17.7. The lowest BCUT2D eigenvalue weighted by Gasteiger charge is -2.38. The van der Waals surface area contributed by atoms with Crippen molar-refractivity contribution in [1.82, 2.24) is 5.01 Å². The van der Waals surface area contributed by atoms with Gasteiger partial charge in [-0.15, -0.1) is 0 Å². The molecule has 2 bridgehead atoms. The molecule has 2 amide bonds. The smallest absolute Gasteiger partial charge is 0.347 e. The summed E-state index contributed by atoms with van der Waals surface area (Å²) in [5.41, 5.74) is 1.96. The number of hydrogen-bond acceptors (Lipinski definition) is 4. The third-order valence-electron chi connectivity index (χ3n) is 8.71. The van der Waals surface area contributed by atoms with Gasteiger partial charge in [-0.2, -0.15) is 5.01 Å². The molecule has 5 atom stereocenters. The number of amides is 2. The zero-order chi connectivity index (χ0) is 21.5. The van der Waals surface area contributed by atoms with Crippen molar-refractivity contribution in [3.63, 3.8) is 0 Å². The first-order valence-electron chi connectivity index (χ1n) is 11.1. The minimum atomic E-state index is -0.428. The van der Waals surface area contributed by atoms with E-state index in [2.05, 4.69) is 25.8 Å². The minimum absolute atomic E-state index is 0.0782. The van der Waals surface area contributed by atoms with E-state index in [1.165, 1.54) is 12.8 Å². The van der Waals surface area contributed by atoms with E-state index >= 15 is 0 Å². The summed E-state index contributed by atoms with van der Waals surface area (Å²) in [5.74, 6) is 1.26. The lowest BCUT2D eigenvalue weighted by molar-refractivity contribution is -0.0616. The molecular formula is C25H29N3O3. The zero-order valence-electron chi connectivity index (χ0n) is 18.5. The van der Waals surface area contributed by atoms with Gasteiger partial charge in [0, 0.05) is 11.1 Å². The number of carbonyl (C=O) groups is 1. The van der Waals surface area contributed by atoms with Gasteiger partial charge in [-0.25, -0.2) is 9.80 Å². The van der Waals surface area contributed by atoms with Crippen LogP contribution in [0.1, 0.15) is 33.6 Å². The molecule has 0 radical (unpaired) electrons. The number of benzene rings is 2. The van der Waals surface area contributed by atoms with Crippen LogP contribution in [0, 0.1) is 16.7 Å². The van der Waals surface area contributed by atoms with Crippen LogP contribution in [0.4, 0.5) is 16.2 Å². The Kier molecular flexibility index (Phi) is 3.85. The molecule has 4 aliphatic rings. The molecule has 162 valence electrons. The summed E-state index contributed by atoms with van der Waals surface area (Å²) in [4.78, 5) is 15.6. The molecular weight excluding hydrogens is 390 g/mol. The number of ether oxygens (including phenoxy) is 2.